The predicted octanol–water partition coefficient (Wildman–Crippen LogP) is 2.85. The van der Waals surface area contributed by atoms with Crippen LogP contribution >= 0.6 is 11.6 Å². The van der Waals surface area contributed by atoms with Crippen molar-refractivity contribution >= 4 is 11.6 Å². The van der Waals surface area contributed by atoms with Gasteiger partial charge in [0.05, 0.1) is 12.1 Å². The van der Waals surface area contributed by atoms with Gasteiger partial charge in [0.25, 0.3) is 0 Å². The van der Waals surface area contributed by atoms with E-state index in [1.165, 1.54) is 20.0 Å². The second-order valence-corrected chi connectivity index (χ2v) is 4.75. The Balaban J connectivity index is 2.22. The summed E-state index contributed by atoms with van der Waals surface area (Å²) in [6, 6.07) is 3.44. The van der Waals surface area contributed by atoms with Crippen molar-refractivity contribution in [1.29, 1.82) is 0 Å². The molecule has 1 saturated carbocycles. The molecule has 0 aliphatic heterocycles. The summed E-state index contributed by atoms with van der Waals surface area (Å²) in [7, 11) is 1.50. The Labute approximate surface area is 100 Å². The van der Waals surface area contributed by atoms with E-state index in [-0.39, 0.29) is 11.8 Å². The molecule has 0 amide bonds. The lowest BCUT2D eigenvalue weighted by Gasteiger charge is -2.14. The van der Waals surface area contributed by atoms with Gasteiger partial charge < -0.3 is 15.6 Å². The monoisotopic (exact) mass is 241 g/mol. The van der Waals surface area contributed by atoms with Gasteiger partial charge in [0.15, 0.2) is 11.5 Å². The van der Waals surface area contributed by atoms with Crippen LogP contribution in [0, 0.1) is 5.92 Å². The smallest absolute Gasteiger partial charge is 0.176 e. The first kappa shape index (κ1) is 11.6. The minimum atomic E-state index is -0.0282. The number of methoxy groups -OCH3 is 1. The lowest BCUT2D eigenvalue weighted by Crippen LogP contribution is -2.11. The van der Waals surface area contributed by atoms with Crippen LogP contribution in [0.25, 0.3) is 0 Å². The Bertz CT molecular complexity index is 391. The molecule has 3 nitrogen and oxygen atoms in total. The van der Waals surface area contributed by atoms with Crippen molar-refractivity contribution in [3.8, 4) is 11.5 Å². The van der Waals surface area contributed by atoms with Crippen molar-refractivity contribution < 1.29 is 9.84 Å². The molecule has 1 aromatic carbocycles. The molecule has 1 aliphatic rings. The lowest BCUT2D eigenvalue weighted by atomic mass is 10.0. The van der Waals surface area contributed by atoms with Gasteiger partial charge in [-0.2, -0.15) is 0 Å². The molecule has 1 aliphatic carbocycles. The molecule has 1 aromatic rings. The third-order valence-electron chi connectivity index (χ3n) is 2.98. The highest BCUT2D eigenvalue weighted by molar-refractivity contribution is 6.32. The molecule has 2 rings (SSSR count). The maximum atomic E-state index is 9.60. The van der Waals surface area contributed by atoms with Crippen LogP contribution in [-0.2, 0) is 0 Å². The molecule has 0 spiro atoms. The quantitative estimate of drug-likeness (QED) is 0.852. The van der Waals surface area contributed by atoms with E-state index in [1.54, 1.807) is 12.1 Å². The van der Waals surface area contributed by atoms with Crippen LogP contribution in [0.3, 0.4) is 0 Å². The highest BCUT2D eigenvalue weighted by Crippen LogP contribution is 2.40. The molecule has 4 heteroatoms. The average Bonchev–Trinajstić information content (AvgIpc) is 3.05. The first-order chi connectivity index (χ1) is 7.61. The number of hydrogen-bond acceptors (Lipinski definition) is 3. The summed E-state index contributed by atoms with van der Waals surface area (Å²) in [6.45, 7) is 0. The van der Waals surface area contributed by atoms with Crippen molar-refractivity contribution in [2.45, 2.75) is 25.3 Å². The molecular formula is C12H16ClNO2. The number of rotatable bonds is 4. The van der Waals surface area contributed by atoms with Crippen LogP contribution in [0.5, 0.6) is 11.5 Å². The maximum Gasteiger partial charge on any atom is 0.176 e. The number of ether oxygens (including phenoxy) is 1. The van der Waals surface area contributed by atoms with E-state index in [0.717, 1.165) is 17.9 Å². The van der Waals surface area contributed by atoms with Crippen LogP contribution in [0.15, 0.2) is 12.1 Å². The lowest BCUT2D eigenvalue weighted by molar-refractivity contribution is 0.372. The molecule has 0 bridgehead atoms. The van der Waals surface area contributed by atoms with Crippen LogP contribution in [0.2, 0.25) is 5.02 Å². The van der Waals surface area contributed by atoms with Gasteiger partial charge in [0.1, 0.15) is 0 Å². The maximum absolute atomic E-state index is 9.60. The number of benzene rings is 1. The fourth-order valence-electron chi connectivity index (χ4n) is 1.81. The normalized spacial score (nSPS) is 17.2. The number of halogens is 1. The fourth-order valence-corrected chi connectivity index (χ4v) is 2.03. The van der Waals surface area contributed by atoms with Crippen LogP contribution < -0.4 is 10.5 Å². The SMILES string of the molecule is COc1cc([C@@H](N)CC2CC2)cc(Cl)c1O. The second kappa shape index (κ2) is 4.52. The molecule has 1 atom stereocenters. The minimum Gasteiger partial charge on any atom is -0.503 e. The number of phenolic OH excluding ortho intramolecular Hbond substituents is 1. The van der Waals surface area contributed by atoms with Gasteiger partial charge in [0.2, 0.25) is 0 Å². The van der Waals surface area contributed by atoms with E-state index >= 15 is 0 Å². The average molecular weight is 242 g/mol. The summed E-state index contributed by atoms with van der Waals surface area (Å²) in [5.74, 6) is 1.12. The number of nitrogens with two attached hydrogens (primary N) is 1. The van der Waals surface area contributed by atoms with Gasteiger partial charge in [-0.05, 0) is 30.0 Å². The van der Waals surface area contributed by atoms with Crippen molar-refractivity contribution in [3.05, 3.63) is 22.7 Å². The van der Waals surface area contributed by atoms with Gasteiger partial charge in [0, 0.05) is 6.04 Å². The Morgan fingerprint density at radius 2 is 2.25 bits per heavy atom. The zero-order valence-electron chi connectivity index (χ0n) is 9.24. The van der Waals surface area contributed by atoms with E-state index < -0.39 is 0 Å². The third kappa shape index (κ3) is 2.42. The molecular weight excluding hydrogens is 226 g/mol. The van der Waals surface area contributed by atoms with E-state index in [1.807, 2.05) is 0 Å². The number of aromatic hydroxyl groups is 1. The van der Waals surface area contributed by atoms with Gasteiger partial charge in [-0.1, -0.05) is 24.4 Å². The fraction of sp³-hybridized carbons (Fsp3) is 0.500. The zero-order chi connectivity index (χ0) is 11.7. The van der Waals surface area contributed by atoms with Gasteiger partial charge >= 0.3 is 0 Å². The summed E-state index contributed by atoms with van der Waals surface area (Å²) in [4.78, 5) is 0. The van der Waals surface area contributed by atoms with Gasteiger partial charge in [-0.3, -0.25) is 0 Å². The molecule has 1 fully saturated rings. The summed E-state index contributed by atoms with van der Waals surface area (Å²) >= 11 is 5.91. The van der Waals surface area contributed by atoms with Crippen molar-refractivity contribution in [2.24, 2.45) is 11.7 Å². The molecule has 88 valence electrons. The minimum absolute atomic E-state index is 0.0217. The van der Waals surface area contributed by atoms with Gasteiger partial charge in [-0.25, -0.2) is 0 Å². The third-order valence-corrected chi connectivity index (χ3v) is 3.27. The van der Waals surface area contributed by atoms with E-state index in [2.05, 4.69) is 0 Å². The van der Waals surface area contributed by atoms with E-state index in [4.69, 9.17) is 22.1 Å². The van der Waals surface area contributed by atoms with Crippen LogP contribution in [0.4, 0.5) is 0 Å². The Kier molecular flexibility index (Phi) is 3.26. The largest absolute Gasteiger partial charge is 0.503 e. The van der Waals surface area contributed by atoms with Crippen molar-refractivity contribution in [3.63, 3.8) is 0 Å². The molecule has 0 saturated heterocycles. The van der Waals surface area contributed by atoms with Crippen molar-refractivity contribution in [1.82, 2.24) is 0 Å². The number of hydrogen-bond donors (Lipinski definition) is 2. The first-order valence-electron chi connectivity index (χ1n) is 5.43. The van der Waals surface area contributed by atoms with Crippen LogP contribution in [-0.4, -0.2) is 12.2 Å². The molecule has 0 aromatic heterocycles. The van der Waals surface area contributed by atoms with Gasteiger partial charge in [-0.15, -0.1) is 0 Å². The molecule has 0 heterocycles. The van der Waals surface area contributed by atoms with E-state index in [9.17, 15) is 5.11 Å². The highest BCUT2D eigenvalue weighted by atomic mass is 35.5. The summed E-state index contributed by atoms with van der Waals surface area (Å²) in [5, 5.41) is 9.89. The summed E-state index contributed by atoms with van der Waals surface area (Å²) in [6.07, 6.45) is 3.53. The molecule has 0 unspecified atom stereocenters. The Morgan fingerprint density at radius 1 is 1.56 bits per heavy atom. The predicted molar refractivity (Wildman–Crippen MR) is 63.9 cm³/mol. The summed E-state index contributed by atoms with van der Waals surface area (Å²) < 4.78 is 5.05. The van der Waals surface area contributed by atoms with Crippen LogP contribution in [0.1, 0.15) is 30.9 Å². The zero-order valence-corrected chi connectivity index (χ0v) is 10.00. The molecule has 0 radical (unpaired) electrons. The standard InChI is InChI=1S/C12H16ClNO2/c1-16-11-6-8(5-9(13)12(11)15)10(14)4-7-2-3-7/h5-7,10,15H,2-4,14H2,1H3/t10-/m0/s1. The van der Waals surface area contributed by atoms with Crippen molar-refractivity contribution in [2.75, 3.05) is 7.11 Å². The summed E-state index contributed by atoms with van der Waals surface area (Å²) in [5.41, 5.74) is 7.01. The first-order valence-corrected chi connectivity index (χ1v) is 5.81. The number of phenols is 1. The molecule has 3 N–H and O–H groups in total. The van der Waals surface area contributed by atoms with E-state index in [0.29, 0.717) is 10.8 Å². The Morgan fingerprint density at radius 3 is 2.81 bits per heavy atom. The second-order valence-electron chi connectivity index (χ2n) is 4.34. The topological polar surface area (TPSA) is 55.5 Å². The highest BCUT2D eigenvalue weighted by Gasteiger charge is 2.25. The molecule has 16 heavy (non-hydrogen) atoms. The Hall–Kier alpha value is -0.930.